The van der Waals surface area contributed by atoms with Crippen LogP contribution in [0.2, 0.25) is 5.02 Å². The number of hydrogen-bond acceptors (Lipinski definition) is 5. The Morgan fingerprint density at radius 2 is 1.69 bits per heavy atom. The van der Waals surface area contributed by atoms with Crippen molar-refractivity contribution >= 4 is 29.2 Å². The minimum atomic E-state index is -0.560. The van der Waals surface area contributed by atoms with Crippen LogP contribution in [0.4, 0.5) is 5.69 Å². The van der Waals surface area contributed by atoms with Crippen molar-refractivity contribution in [3.05, 3.63) is 88.4 Å². The highest BCUT2D eigenvalue weighted by molar-refractivity contribution is 6.33. The van der Waals surface area contributed by atoms with Gasteiger partial charge in [-0.3, -0.25) is 4.79 Å². The fourth-order valence-electron chi connectivity index (χ4n) is 3.80. The largest absolute Gasteiger partial charge is 0.496 e. The average Bonchev–Trinajstić information content (AvgIpc) is 2.90. The molecule has 3 aromatic carbocycles. The van der Waals surface area contributed by atoms with Crippen molar-refractivity contribution in [3.8, 4) is 11.5 Å². The molecular weight excluding hydrogens is 478 g/mol. The van der Waals surface area contributed by atoms with Gasteiger partial charge in [0.1, 0.15) is 11.5 Å². The molecule has 3 aromatic rings. The van der Waals surface area contributed by atoms with E-state index in [1.165, 1.54) is 18.7 Å². The van der Waals surface area contributed by atoms with E-state index in [1.807, 2.05) is 24.3 Å². The Balaban J connectivity index is 1.44. The summed E-state index contributed by atoms with van der Waals surface area (Å²) in [5.74, 6) is 0.685. The third-order valence-corrected chi connectivity index (χ3v) is 6.09. The zero-order chi connectivity index (χ0) is 25.8. The van der Waals surface area contributed by atoms with Crippen LogP contribution in [0.3, 0.4) is 0 Å². The van der Waals surface area contributed by atoms with Gasteiger partial charge in [-0.2, -0.15) is 0 Å². The minimum Gasteiger partial charge on any atom is -0.496 e. The van der Waals surface area contributed by atoms with E-state index in [1.54, 1.807) is 19.2 Å². The van der Waals surface area contributed by atoms with E-state index in [0.29, 0.717) is 24.5 Å². The SMILES string of the molecule is COC(=O)c1cc(NC(=O)CCc2ccc(OCCCCCc3ccccc3)cc2OC)ccc1Cl. The smallest absolute Gasteiger partial charge is 0.339 e. The van der Waals surface area contributed by atoms with Gasteiger partial charge in [0.25, 0.3) is 0 Å². The lowest BCUT2D eigenvalue weighted by Crippen LogP contribution is -2.13. The molecule has 3 rings (SSSR count). The van der Waals surface area contributed by atoms with Crippen LogP contribution in [0, 0.1) is 0 Å². The lowest BCUT2D eigenvalue weighted by Gasteiger charge is -2.12. The number of ether oxygens (including phenoxy) is 3. The first-order chi connectivity index (χ1) is 17.5. The first-order valence-electron chi connectivity index (χ1n) is 12.0. The fraction of sp³-hybridized carbons (Fsp3) is 0.310. The number of hydrogen-bond donors (Lipinski definition) is 1. The molecule has 0 heterocycles. The van der Waals surface area contributed by atoms with Gasteiger partial charge in [-0.15, -0.1) is 0 Å². The predicted molar refractivity (Wildman–Crippen MR) is 142 cm³/mol. The maximum atomic E-state index is 12.5. The average molecular weight is 510 g/mol. The highest BCUT2D eigenvalue weighted by atomic mass is 35.5. The summed E-state index contributed by atoms with van der Waals surface area (Å²) in [5.41, 5.74) is 2.95. The standard InChI is InChI=1S/C29H32ClNO5/c1-34-27-20-24(36-18-8-4-7-11-21-9-5-3-6-10-21)15-12-22(27)13-17-28(32)31-23-14-16-26(30)25(19-23)29(33)35-2/h3,5-6,9-10,12,14-16,19-20H,4,7-8,11,13,17-18H2,1-2H3,(H,31,32). The number of methoxy groups -OCH3 is 2. The Kier molecular flexibility index (Phi) is 10.6. The topological polar surface area (TPSA) is 73.9 Å². The van der Waals surface area contributed by atoms with Gasteiger partial charge >= 0.3 is 5.97 Å². The molecule has 1 amide bonds. The number of nitrogens with one attached hydrogen (secondary N) is 1. The zero-order valence-corrected chi connectivity index (χ0v) is 21.5. The van der Waals surface area contributed by atoms with Gasteiger partial charge in [0.05, 0.1) is 31.4 Å². The number of anilines is 1. The van der Waals surface area contributed by atoms with Crippen LogP contribution in [-0.2, 0) is 22.4 Å². The van der Waals surface area contributed by atoms with E-state index in [4.69, 9.17) is 25.8 Å². The molecule has 0 atom stereocenters. The fourth-order valence-corrected chi connectivity index (χ4v) is 4.00. The molecule has 0 fully saturated rings. The van der Waals surface area contributed by atoms with Crippen molar-refractivity contribution in [2.75, 3.05) is 26.1 Å². The molecule has 0 aromatic heterocycles. The van der Waals surface area contributed by atoms with Gasteiger partial charge in [0, 0.05) is 18.2 Å². The number of esters is 1. The van der Waals surface area contributed by atoms with E-state index in [-0.39, 0.29) is 22.9 Å². The molecule has 0 aliphatic heterocycles. The Bertz CT molecular complexity index is 1150. The Labute approximate surface area is 217 Å². The monoisotopic (exact) mass is 509 g/mol. The molecule has 0 aliphatic carbocycles. The number of benzene rings is 3. The van der Waals surface area contributed by atoms with Crippen LogP contribution in [0.1, 0.15) is 47.2 Å². The summed E-state index contributed by atoms with van der Waals surface area (Å²) in [4.78, 5) is 24.3. The Hall–Kier alpha value is -3.51. The molecule has 0 aliphatic rings. The third-order valence-electron chi connectivity index (χ3n) is 5.76. The summed E-state index contributed by atoms with van der Waals surface area (Å²) < 4.78 is 16.1. The maximum Gasteiger partial charge on any atom is 0.339 e. The highest BCUT2D eigenvalue weighted by Gasteiger charge is 2.13. The Morgan fingerprint density at radius 1 is 0.889 bits per heavy atom. The predicted octanol–water partition coefficient (Wildman–Crippen LogP) is 6.50. The molecule has 0 bridgehead atoms. The molecule has 1 N–H and O–H groups in total. The summed E-state index contributed by atoms with van der Waals surface area (Å²) in [5, 5.41) is 3.05. The number of carbonyl (C=O) groups is 2. The number of aryl methyl sites for hydroxylation is 2. The van der Waals surface area contributed by atoms with Crippen molar-refractivity contribution in [2.24, 2.45) is 0 Å². The van der Waals surface area contributed by atoms with E-state index in [9.17, 15) is 9.59 Å². The highest BCUT2D eigenvalue weighted by Crippen LogP contribution is 2.27. The normalized spacial score (nSPS) is 10.5. The summed E-state index contributed by atoms with van der Waals surface area (Å²) in [6.07, 6.45) is 5.05. The summed E-state index contributed by atoms with van der Waals surface area (Å²) >= 11 is 6.03. The van der Waals surface area contributed by atoms with Crippen LogP contribution < -0.4 is 14.8 Å². The molecule has 190 valence electrons. The van der Waals surface area contributed by atoms with Gasteiger partial charge in [-0.1, -0.05) is 48.0 Å². The quantitative estimate of drug-likeness (QED) is 0.210. The summed E-state index contributed by atoms with van der Waals surface area (Å²) in [7, 11) is 2.88. The van der Waals surface area contributed by atoms with Crippen molar-refractivity contribution < 1.29 is 23.8 Å². The van der Waals surface area contributed by atoms with Gasteiger partial charge in [0.15, 0.2) is 0 Å². The molecule has 0 saturated carbocycles. The van der Waals surface area contributed by atoms with Crippen molar-refractivity contribution in [1.29, 1.82) is 0 Å². The molecule has 6 nitrogen and oxygen atoms in total. The minimum absolute atomic E-state index is 0.189. The van der Waals surface area contributed by atoms with Crippen LogP contribution >= 0.6 is 11.6 Å². The van der Waals surface area contributed by atoms with Crippen molar-refractivity contribution in [2.45, 2.75) is 38.5 Å². The number of carbonyl (C=O) groups excluding carboxylic acids is 2. The second-order valence-corrected chi connectivity index (χ2v) is 8.76. The number of unbranched alkanes of at least 4 members (excludes halogenated alkanes) is 2. The van der Waals surface area contributed by atoms with Gasteiger partial charge in [0.2, 0.25) is 5.91 Å². The number of amides is 1. The molecule has 7 heteroatoms. The van der Waals surface area contributed by atoms with Gasteiger partial charge in [-0.05, 0) is 67.5 Å². The lowest BCUT2D eigenvalue weighted by molar-refractivity contribution is -0.116. The van der Waals surface area contributed by atoms with E-state index < -0.39 is 5.97 Å². The van der Waals surface area contributed by atoms with Crippen LogP contribution in [0.15, 0.2) is 66.7 Å². The second-order valence-electron chi connectivity index (χ2n) is 8.35. The van der Waals surface area contributed by atoms with Crippen LogP contribution in [-0.4, -0.2) is 32.7 Å². The first kappa shape index (κ1) is 27.1. The molecule has 0 unspecified atom stereocenters. The van der Waals surface area contributed by atoms with Crippen molar-refractivity contribution in [3.63, 3.8) is 0 Å². The van der Waals surface area contributed by atoms with Crippen LogP contribution in [0.25, 0.3) is 0 Å². The summed E-state index contributed by atoms with van der Waals surface area (Å²) in [6.45, 7) is 0.647. The third kappa shape index (κ3) is 8.31. The van der Waals surface area contributed by atoms with E-state index in [0.717, 1.165) is 37.0 Å². The second kappa shape index (κ2) is 14.1. The van der Waals surface area contributed by atoms with E-state index >= 15 is 0 Å². The Morgan fingerprint density at radius 3 is 2.44 bits per heavy atom. The number of rotatable bonds is 13. The lowest BCUT2D eigenvalue weighted by atomic mass is 10.1. The molecule has 0 saturated heterocycles. The molecule has 0 radical (unpaired) electrons. The maximum absolute atomic E-state index is 12.5. The van der Waals surface area contributed by atoms with Gasteiger partial charge < -0.3 is 19.5 Å². The first-order valence-corrected chi connectivity index (χ1v) is 12.4. The van der Waals surface area contributed by atoms with Crippen molar-refractivity contribution in [1.82, 2.24) is 0 Å². The number of halogens is 1. The zero-order valence-electron chi connectivity index (χ0n) is 20.7. The van der Waals surface area contributed by atoms with E-state index in [2.05, 4.69) is 29.6 Å². The molecular formula is C29H32ClNO5. The van der Waals surface area contributed by atoms with Crippen LogP contribution in [0.5, 0.6) is 11.5 Å². The van der Waals surface area contributed by atoms with Gasteiger partial charge in [-0.25, -0.2) is 4.79 Å². The summed E-state index contributed by atoms with van der Waals surface area (Å²) in [6, 6.07) is 20.9. The molecule has 36 heavy (non-hydrogen) atoms. The molecule has 0 spiro atoms.